The van der Waals surface area contributed by atoms with Crippen molar-refractivity contribution in [2.75, 3.05) is 6.54 Å². The van der Waals surface area contributed by atoms with Crippen LogP contribution in [0.5, 0.6) is 0 Å². The van der Waals surface area contributed by atoms with Gasteiger partial charge in [-0.15, -0.1) is 0 Å². The molecule has 2 amide bonds. The van der Waals surface area contributed by atoms with Crippen LogP contribution in [0.2, 0.25) is 0 Å². The van der Waals surface area contributed by atoms with Gasteiger partial charge in [0.25, 0.3) is 11.8 Å². The van der Waals surface area contributed by atoms with Gasteiger partial charge in [-0.25, -0.2) is 0 Å². The summed E-state index contributed by atoms with van der Waals surface area (Å²) in [5.41, 5.74) is 6.51. The number of alkyl halides is 3. The summed E-state index contributed by atoms with van der Waals surface area (Å²) in [6, 6.07) is 11.2. The molecule has 1 aliphatic rings. The summed E-state index contributed by atoms with van der Waals surface area (Å²) < 4.78 is 43.0. The molecule has 6 nitrogen and oxygen atoms in total. The zero-order chi connectivity index (χ0) is 23.3. The minimum absolute atomic E-state index is 0.0358. The lowest BCUT2D eigenvalue weighted by atomic mass is 9.95. The second-order valence-electron chi connectivity index (χ2n) is 7.86. The number of carbonyl (C=O) groups is 2. The maximum atomic E-state index is 13.8. The Labute approximate surface area is 185 Å². The summed E-state index contributed by atoms with van der Waals surface area (Å²) >= 11 is 0. The molecule has 1 aliphatic heterocycles. The van der Waals surface area contributed by atoms with Gasteiger partial charge in [-0.2, -0.15) is 13.2 Å². The molecule has 168 valence electrons. The number of carbonyl (C=O) groups excluding carboxylic acids is 2. The number of benzene rings is 2. The van der Waals surface area contributed by atoms with E-state index in [0.29, 0.717) is 18.5 Å². The van der Waals surface area contributed by atoms with Crippen LogP contribution in [0.3, 0.4) is 0 Å². The van der Waals surface area contributed by atoms with Gasteiger partial charge in [0.1, 0.15) is 0 Å². The number of H-pyrrole nitrogens is 1. The predicted molar refractivity (Wildman–Crippen MR) is 119 cm³/mol. The number of para-hydroxylation sites is 2. The zero-order valence-corrected chi connectivity index (χ0v) is 17.3. The fourth-order valence-electron chi connectivity index (χ4n) is 4.47. The van der Waals surface area contributed by atoms with Crippen molar-refractivity contribution in [3.63, 3.8) is 0 Å². The van der Waals surface area contributed by atoms with Crippen LogP contribution in [0.15, 0.2) is 54.9 Å². The van der Waals surface area contributed by atoms with Crippen LogP contribution in [-0.2, 0) is 22.3 Å². The Bertz CT molecular complexity index is 1460. The number of nitrogens with one attached hydrogen (secondary N) is 2. The number of hydrogen-bond acceptors (Lipinski definition) is 3. The minimum atomic E-state index is -4.59. The van der Waals surface area contributed by atoms with Gasteiger partial charge >= 0.3 is 6.18 Å². The molecule has 0 aliphatic carbocycles. The fraction of sp³-hybridized carbons (Fsp3) is 0.167. The third-order valence-electron chi connectivity index (χ3n) is 5.87. The number of halogens is 3. The smallest absolute Gasteiger partial charge is 0.361 e. The molecule has 0 saturated carbocycles. The van der Waals surface area contributed by atoms with E-state index in [4.69, 9.17) is 5.73 Å². The van der Waals surface area contributed by atoms with E-state index in [1.54, 1.807) is 6.20 Å². The quantitative estimate of drug-likeness (QED) is 0.399. The van der Waals surface area contributed by atoms with E-state index in [9.17, 15) is 22.8 Å². The zero-order valence-electron chi connectivity index (χ0n) is 17.3. The molecule has 2 aromatic carbocycles. The summed E-state index contributed by atoms with van der Waals surface area (Å²) in [4.78, 5) is 28.8. The highest BCUT2D eigenvalue weighted by atomic mass is 19.4. The lowest BCUT2D eigenvalue weighted by Crippen LogP contribution is -2.22. The summed E-state index contributed by atoms with van der Waals surface area (Å²) in [5.74, 6) is -1.23. The van der Waals surface area contributed by atoms with Gasteiger partial charge in [-0.3, -0.25) is 14.9 Å². The number of hydrogen-bond donors (Lipinski definition) is 3. The molecular formula is C24H19F3N4O2. The molecule has 0 spiro atoms. The SMILES string of the molecule is NCCCn1cc(C2=C(c3c[nH]c4ccccc34)C(=O)NC2=O)c2cccc(C(F)(F)F)c21. The number of imide groups is 1. The molecule has 0 unspecified atom stereocenters. The minimum Gasteiger partial charge on any atom is -0.361 e. The number of amides is 2. The average Bonchev–Trinajstić information content (AvgIpc) is 3.44. The van der Waals surface area contributed by atoms with Gasteiger partial charge in [-0.05, 0) is 25.1 Å². The van der Waals surface area contributed by atoms with Crippen molar-refractivity contribution in [3.8, 4) is 0 Å². The van der Waals surface area contributed by atoms with Crippen molar-refractivity contribution in [2.24, 2.45) is 5.73 Å². The van der Waals surface area contributed by atoms with Crippen molar-refractivity contribution in [1.29, 1.82) is 0 Å². The Morgan fingerprint density at radius 3 is 2.33 bits per heavy atom. The largest absolute Gasteiger partial charge is 0.418 e. The summed E-state index contributed by atoms with van der Waals surface area (Å²) in [6.07, 6.45) is -0.989. The van der Waals surface area contributed by atoms with Crippen molar-refractivity contribution >= 4 is 44.8 Å². The van der Waals surface area contributed by atoms with Crippen LogP contribution < -0.4 is 11.1 Å². The van der Waals surface area contributed by atoms with Crippen molar-refractivity contribution in [2.45, 2.75) is 19.1 Å². The average molecular weight is 452 g/mol. The first-order chi connectivity index (χ1) is 15.8. The van der Waals surface area contributed by atoms with Gasteiger partial charge in [-0.1, -0.05) is 30.3 Å². The third kappa shape index (κ3) is 3.32. The van der Waals surface area contributed by atoms with E-state index in [1.807, 2.05) is 24.3 Å². The summed E-state index contributed by atoms with van der Waals surface area (Å²) in [5, 5.41) is 3.30. The highest BCUT2D eigenvalue weighted by Gasteiger charge is 2.38. The molecule has 3 heterocycles. The Balaban J connectivity index is 1.83. The first-order valence-electron chi connectivity index (χ1n) is 10.4. The van der Waals surface area contributed by atoms with Gasteiger partial charge < -0.3 is 15.3 Å². The molecule has 0 saturated heterocycles. The molecule has 4 aromatic rings. The number of aromatic nitrogens is 2. The first kappa shape index (κ1) is 21.0. The topological polar surface area (TPSA) is 92.9 Å². The van der Waals surface area contributed by atoms with Gasteiger partial charge in [0, 0.05) is 46.4 Å². The maximum Gasteiger partial charge on any atom is 0.418 e. The van der Waals surface area contributed by atoms with Crippen molar-refractivity contribution < 1.29 is 22.8 Å². The summed E-state index contributed by atoms with van der Waals surface area (Å²) in [6.45, 7) is 0.538. The molecule has 9 heteroatoms. The molecule has 0 bridgehead atoms. The lowest BCUT2D eigenvalue weighted by molar-refractivity contribution is -0.136. The predicted octanol–water partition coefficient (Wildman–Crippen LogP) is 4.06. The van der Waals surface area contributed by atoms with Gasteiger partial charge in [0.2, 0.25) is 0 Å². The summed E-state index contributed by atoms with van der Waals surface area (Å²) in [7, 11) is 0. The van der Waals surface area contributed by atoms with E-state index in [-0.39, 0.29) is 34.2 Å². The second kappa shape index (κ2) is 7.63. The number of nitrogens with zero attached hydrogens (tertiary/aromatic N) is 1. The molecule has 2 aromatic heterocycles. The van der Waals surface area contributed by atoms with E-state index in [0.717, 1.165) is 17.0 Å². The Morgan fingerprint density at radius 2 is 1.61 bits per heavy atom. The van der Waals surface area contributed by atoms with E-state index in [1.165, 1.54) is 22.9 Å². The number of nitrogens with two attached hydrogens (primary N) is 1. The highest BCUT2D eigenvalue weighted by Crippen LogP contribution is 2.41. The van der Waals surface area contributed by atoms with Crippen LogP contribution in [-0.4, -0.2) is 27.9 Å². The van der Waals surface area contributed by atoms with Gasteiger partial charge in [0.15, 0.2) is 0 Å². The van der Waals surface area contributed by atoms with Crippen molar-refractivity contribution in [3.05, 3.63) is 71.5 Å². The van der Waals surface area contributed by atoms with Crippen LogP contribution in [0, 0.1) is 0 Å². The number of aryl methyl sites for hydroxylation is 1. The number of rotatable bonds is 5. The van der Waals surface area contributed by atoms with Crippen LogP contribution >= 0.6 is 0 Å². The lowest BCUT2D eigenvalue weighted by Gasteiger charge is -2.12. The fourth-order valence-corrected chi connectivity index (χ4v) is 4.47. The molecule has 5 rings (SSSR count). The van der Waals surface area contributed by atoms with Gasteiger partial charge in [0.05, 0.1) is 22.2 Å². The molecule has 4 N–H and O–H groups in total. The maximum absolute atomic E-state index is 13.8. The van der Waals surface area contributed by atoms with E-state index in [2.05, 4.69) is 10.3 Å². The van der Waals surface area contributed by atoms with E-state index >= 15 is 0 Å². The third-order valence-corrected chi connectivity index (χ3v) is 5.87. The van der Waals surface area contributed by atoms with Crippen LogP contribution in [0.1, 0.15) is 23.1 Å². The number of aromatic amines is 1. The second-order valence-corrected chi connectivity index (χ2v) is 7.86. The van der Waals surface area contributed by atoms with Crippen LogP contribution in [0.25, 0.3) is 33.0 Å². The van der Waals surface area contributed by atoms with E-state index < -0.39 is 23.6 Å². The molecular weight excluding hydrogens is 433 g/mol. The Kier molecular flexibility index (Phi) is 4.86. The number of fused-ring (bicyclic) bond motifs is 2. The van der Waals surface area contributed by atoms with Crippen molar-refractivity contribution in [1.82, 2.24) is 14.9 Å². The van der Waals surface area contributed by atoms with Crippen LogP contribution in [0.4, 0.5) is 13.2 Å². The Morgan fingerprint density at radius 1 is 0.909 bits per heavy atom. The highest BCUT2D eigenvalue weighted by molar-refractivity contribution is 6.50. The standard InChI is InChI=1S/C24H19F3N4O2/c25-24(26,27)17-7-3-6-14-16(12-31(21(14)17)10-4-9-28)20-19(22(32)30-23(20)33)15-11-29-18-8-2-1-5-13(15)18/h1-3,5-8,11-12,29H,4,9-10,28H2,(H,30,32,33). The normalized spacial score (nSPS) is 14.7. The molecule has 0 radical (unpaired) electrons. The Hall–Kier alpha value is -3.85. The monoisotopic (exact) mass is 452 g/mol. The molecule has 0 atom stereocenters. The molecule has 0 fully saturated rings. The first-order valence-corrected chi connectivity index (χ1v) is 10.4. The molecule has 33 heavy (non-hydrogen) atoms.